The van der Waals surface area contributed by atoms with Crippen molar-refractivity contribution in [3.8, 4) is 0 Å². The van der Waals surface area contributed by atoms with Gasteiger partial charge in [-0.15, -0.1) is 0 Å². The zero-order valence-corrected chi connectivity index (χ0v) is 18.8. The maximum absolute atomic E-state index is 13.4. The van der Waals surface area contributed by atoms with Crippen molar-refractivity contribution in [3.05, 3.63) is 64.7 Å². The molecule has 1 amide bonds. The normalized spacial score (nSPS) is 23.5. The third-order valence-corrected chi connectivity index (χ3v) is 7.48. The number of hydrogen-bond donors (Lipinski definition) is 1. The molecule has 1 N–H and O–H groups in total. The molecule has 160 valence electrons. The molecule has 0 saturated heterocycles. The zero-order valence-electron chi connectivity index (χ0n) is 17.2. The van der Waals surface area contributed by atoms with E-state index in [2.05, 4.69) is 5.32 Å². The van der Waals surface area contributed by atoms with Gasteiger partial charge in [-0.1, -0.05) is 41.4 Å². The fraction of sp³-hybridized carbons (Fsp3) is 0.364. The van der Waals surface area contributed by atoms with Crippen LogP contribution in [0.5, 0.6) is 0 Å². The fourth-order valence-corrected chi connectivity index (χ4v) is 6.08. The predicted octanol–water partition coefficient (Wildman–Crippen LogP) is 4.05. The molecular weight excluding hydrogens is 426 g/mol. The molecular formula is C22H24ClNO5S. The number of carbonyl (C=O) groups excluding carboxylic acids is 2. The summed E-state index contributed by atoms with van der Waals surface area (Å²) in [4.78, 5) is 24.8. The van der Waals surface area contributed by atoms with Gasteiger partial charge in [0.2, 0.25) is 0 Å². The largest absolute Gasteiger partial charge is 0.444 e. The van der Waals surface area contributed by atoms with Crippen LogP contribution in [-0.4, -0.2) is 37.2 Å². The fourth-order valence-electron chi connectivity index (χ4n) is 3.63. The lowest BCUT2D eigenvalue weighted by atomic mass is 10.1. The van der Waals surface area contributed by atoms with Crippen molar-refractivity contribution in [2.24, 2.45) is 0 Å². The van der Waals surface area contributed by atoms with Gasteiger partial charge in [0.15, 0.2) is 9.84 Å². The Morgan fingerprint density at radius 3 is 2.33 bits per heavy atom. The van der Waals surface area contributed by atoms with Crippen LogP contribution in [0.3, 0.4) is 0 Å². The van der Waals surface area contributed by atoms with Crippen molar-refractivity contribution in [1.29, 1.82) is 0 Å². The minimum Gasteiger partial charge on any atom is -0.444 e. The van der Waals surface area contributed by atoms with Gasteiger partial charge < -0.3 is 14.8 Å². The van der Waals surface area contributed by atoms with Crippen LogP contribution < -0.4 is 5.32 Å². The van der Waals surface area contributed by atoms with Crippen LogP contribution in [0, 0.1) is 6.92 Å². The van der Waals surface area contributed by atoms with Crippen molar-refractivity contribution in [2.75, 3.05) is 0 Å². The maximum atomic E-state index is 13.4. The van der Waals surface area contributed by atoms with E-state index in [-0.39, 0.29) is 4.90 Å². The van der Waals surface area contributed by atoms with Crippen molar-refractivity contribution in [1.82, 2.24) is 5.32 Å². The molecule has 30 heavy (non-hydrogen) atoms. The molecule has 2 aromatic rings. The number of ether oxygens (including phenoxy) is 1. The van der Waals surface area contributed by atoms with Crippen LogP contribution in [0.1, 0.15) is 37.8 Å². The summed E-state index contributed by atoms with van der Waals surface area (Å²) < 4.78 is 32.1. The smallest absolute Gasteiger partial charge is 0.408 e. The first-order valence-electron chi connectivity index (χ1n) is 9.44. The number of amides is 1. The van der Waals surface area contributed by atoms with E-state index in [0.717, 1.165) is 5.56 Å². The summed E-state index contributed by atoms with van der Waals surface area (Å²) >= 11 is 6.09. The lowest BCUT2D eigenvalue weighted by molar-refractivity contribution is -0.110. The highest BCUT2D eigenvalue weighted by Gasteiger charge is 2.73. The predicted molar refractivity (Wildman–Crippen MR) is 115 cm³/mol. The van der Waals surface area contributed by atoms with Gasteiger partial charge >= 0.3 is 6.09 Å². The van der Waals surface area contributed by atoms with Gasteiger partial charge in [0.25, 0.3) is 0 Å². The highest BCUT2D eigenvalue weighted by Crippen LogP contribution is 2.56. The van der Waals surface area contributed by atoms with Crippen LogP contribution in [0.25, 0.3) is 0 Å². The van der Waals surface area contributed by atoms with Crippen molar-refractivity contribution in [3.63, 3.8) is 0 Å². The van der Waals surface area contributed by atoms with Crippen molar-refractivity contribution in [2.45, 2.75) is 54.9 Å². The SMILES string of the molecule is Cc1ccc(S(=O)(=O)[C@@H]2[C@@H](c3cccc(Cl)c3)[C@]2(C=O)NC(=O)OC(C)(C)C)cc1. The molecule has 2 aromatic carbocycles. The third kappa shape index (κ3) is 4.23. The molecule has 3 rings (SSSR count). The second-order valence-corrected chi connectivity index (χ2v) is 11.0. The molecule has 0 unspecified atom stereocenters. The molecule has 0 bridgehead atoms. The van der Waals surface area contributed by atoms with Crippen molar-refractivity contribution >= 4 is 33.8 Å². The first-order chi connectivity index (χ1) is 13.9. The second-order valence-electron chi connectivity index (χ2n) is 8.49. The van der Waals surface area contributed by atoms with E-state index in [9.17, 15) is 18.0 Å². The minimum absolute atomic E-state index is 0.0832. The number of carbonyl (C=O) groups is 2. The van der Waals surface area contributed by atoms with Gasteiger partial charge in [0.1, 0.15) is 22.7 Å². The lowest BCUT2D eigenvalue weighted by Gasteiger charge is -2.22. The Bertz CT molecular complexity index is 1080. The Kier molecular flexibility index (Phi) is 5.73. The molecule has 1 fully saturated rings. The van der Waals surface area contributed by atoms with E-state index in [0.29, 0.717) is 16.9 Å². The topological polar surface area (TPSA) is 89.5 Å². The molecule has 1 saturated carbocycles. The van der Waals surface area contributed by atoms with Gasteiger partial charge in [0, 0.05) is 10.9 Å². The van der Waals surface area contributed by atoms with Crippen molar-refractivity contribution < 1.29 is 22.7 Å². The van der Waals surface area contributed by atoms with Crippen LogP contribution in [0.15, 0.2) is 53.4 Å². The number of benzene rings is 2. The summed E-state index contributed by atoms with van der Waals surface area (Å²) in [7, 11) is -3.95. The quantitative estimate of drug-likeness (QED) is 0.695. The molecule has 1 aliphatic carbocycles. The first kappa shape index (κ1) is 22.3. The van der Waals surface area contributed by atoms with Crippen LogP contribution in [0.4, 0.5) is 4.79 Å². The molecule has 0 heterocycles. The van der Waals surface area contributed by atoms with E-state index in [4.69, 9.17) is 16.3 Å². The summed E-state index contributed by atoms with van der Waals surface area (Å²) in [5.74, 6) is -0.799. The lowest BCUT2D eigenvalue weighted by Crippen LogP contribution is -2.45. The van der Waals surface area contributed by atoms with E-state index in [1.165, 1.54) is 12.1 Å². The molecule has 3 atom stereocenters. The average Bonchev–Trinajstić information content (AvgIpc) is 3.30. The number of aldehydes is 1. The van der Waals surface area contributed by atoms with Gasteiger partial charge in [-0.2, -0.15) is 0 Å². The van der Waals surface area contributed by atoms with Crippen LogP contribution in [-0.2, 0) is 19.4 Å². The van der Waals surface area contributed by atoms with Gasteiger partial charge in [0.05, 0.1) is 4.90 Å². The molecule has 1 aliphatic rings. The number of aryl methyl sites for hydroxylation is 1. The highest BCUT2D eigenvalue weighted by molar-refractivity contribution is 7.92. The maximum Gasteiger partial charge on any atom is 0.408 e. The van der Waals surface area contributed by atoms with Gasteiger partial charge in [-0.25, -0.2) is 13.2 Å². The summed E-state index contributed by atoms with van der Waals surface area (Å²) in [5, 5.41) is 1.75. The molecule has 0 aliphatic heterocycles. The number of halogens is 1. The monoisotopic (exact) mass is 449 g/mol. The molecule has 6 nitrogen and oxygen atoms in total. The van der Waals surface area contributed by atoms with E-state index < -0.39 is 38.2 Å². The van der Waals surface area contributed by atoms with E-state index in [1.54, 1.807) is 57.2 Å². The summed E-state index contributed by atoms with van der Waals surface area (Å²) in [6.07, 6.45) is -0.373. The highest BCUT2D eigenvalue weighted by atomic mass is 35.5. The number of alkyl carbamates (subject to hydrolysis) is 1. The number of hydrogen-bond acceptors (Lipinski definition) is 5. The summed E-state index contributed by atoms with van der Waals surface area (Å²) in [5.41, 5.74) is -1.01. The number of nitrogens with one attached hydrogen (secondary N) is 1. The van der Waals surface area contributed by atoms with Crippen LogP contribution >= 0.6 is 11.6 Å². The summed E-state index contributed by atoms with van der Waals surface area (Å²) in [6.45, 7) is 6.90. The molecule has 8 heteroatoms. The Morgan fingerprint density at radius 2 is 1.80 bits per heavy atom. The number of rotatable bonds is 5. The first-order valence-corrected chi connectivity index (χ1v) is 11.4. The van der Waals surface area contributed by atoms with Gasteiger partial charge in [-0.05, 0) is 57.5 Å². The third-order valence-electron chi connectivity index (χ3n) is 4.98. The molecule has 0 radical (unpaired) electrons. The number of sulfone groups is 1. The Balaban J connectivity index is 2.06. The van der Waals surface area contributed by atoms with E-state index >= 15 is 0 Å². The Labute approximate surface area is 181 Å². The molecule has 0 spiro atoms. The van der Waals surface area contributed by atoms with Crippen LogP contribution in [0.2, 0.25) is 5.02 Å². The standard InChI is InChI=1S/C22H24ClNO5S/c1-14-8-10-17(11-9-14)30(27,28)19-18(15-6-5-7-16(23)12-15)22(19,13-25)24-20(26)29-21(2,3)4/h5-13,18-19H,1-4H3,(H,24,26)/t18-,19-,22+/m1/s1. The summed E-state index contributed by atoms with van der Waals surface area (Å²) in [6, 6.07) is 13.0. The van der Waals surface area contributed by atoms with Gasteiger partial charge in [-0.3, -0.25) is 0 Å². The Morgan fingerprint density at radius 1 is 1.17 bits per heavy atom. The molecule has 0 aromatic heterocycles. The second kappa shape index (κ2) is 7.71. The average molecular weight is 450 g/mol. The van der Waals surface area contributed by atoms with E-state index in [1.807, 2.05) is 6.92 Å². The minimum atomic E-state index is -3.95. The Hall–Kier alpha value is -2.38. The zero-order chi connectivity index (χ0) is 22.3.